The number of halogens is 2. The van der Waals surface area contributed by atoms with Crippen molar-refractivity contribution >= 4 is 46.8 Å². The first-order valence-electron chi connectivity index (χ1n) is 8.32. The molecule has 0 unspecified atom stereocenters. The van der Waals surface area contributed by atoms with Gasteiger partial charge in [-0.25, -0.2) is 4.79 Å². The van der Waals surface area contributed by atoms with Crippen LogP contribution in [0.2, 0.25) is 10.0 Å². The third-order valence-corrected chi connectivity index (χ3v) is 4.91. The minimum absolute atomic E-state index is 0.203. The molecule has 1 aliphatic rings. The van der Waals surface area contributed by atoms with Crippen molar-refractivity contribution in [3.05, 3.63) is 74.9 Å². The van der Waals surface area contributed by atoms with Crippen molar-refractivity contribution in [1.29, 1.82) is 0 Å². The number of ether oxygens (including phenoxy) is 2. The fraction of sp³-hybridized carbons (Fsp3) is 0.143. The number of esters is 1. The van der Waals surface area contributed by atoms with E-state index < -0.39 is 5.97 Å². The van der Waals surface area contributed by atoms with Crippen LogP contribution < -0.4 is 9.64 Å². The maximum atomic E-state index is 13.2. The highest BCUT2D eigenvalue weighted by Crippen LogP contribution is 2.38. The molecular weight excluding hydrogens is 401 g/mol. The number of hydrogen-bond acceptors (Lipinski definition) is 4. The van der Waals surface area contributed by atoms with Crippen LogP contribution in [0.3, 0.4) is 0 Å². The predicted octanol–water partition coefficient (Wildman–Crippen LogP) is 4.88. The highest BCUT2D eigenvalue weighted by atomic mass is 35.5. The smallest absolute Gasteiger partial charge is 0.340 e. The number of nitrogens with zero attached hydrogens (tertiary/aromatic N) is 1. The number of rotatable bonds is 4. The van der Waals surface area contributed by atoms with Crippen molar-refractivity contribution in [2.45, 2.75) is 6.92 Å². The van der Waals surface area contributed by atoms with Crippen molar-refractivity contribution in [2.75, 3.05) is 19.1 Å². The van der Waals surface area contributed by atoms with E-state index in [4.69, 9.17) is 32.7 Å². The van der Waals surface area contributed by atoms with E-state index in [1.807, 2.05) is 0 Å². The molecule has 0 atom stereocenters. The molecule has 7 heteroatoms. The quantitative estimate of drug-likeness (QED) is 0.525. The van der Waals surface area contributed by atoms with Gasteiger partial charge in [-0.3, -0.25) is 9.69 Å². The summed E-state index contributed by atoms with van der Waals surface area (Å²) in [7, 11) is 2.79. The van der Waals surface area contributed by atoms with Crippen LogP contribution in [0.15, 0.2) is 59.3 Å². The Hall–Kier alpha value is -2.76. The Kier molecular flexibility index (Phi) is 5.77. The summed E-state index contributed by atoms with van der Waals surface area (Å²) in [6, 6.07) is 11.9. The molecule has 1 amide bonds. The van der Waals surface area contributed by atoms with Crippen molar-refractivity contribution in [3.63, 3.8) is 0 Å². The van der Waals surface area contributed by atoms with Crippen LogP contribution in [-0.2, 0) is 14.3 Å². The number of hydrogen-bond donors (Lipinski definition) is 0. The zero-order valence-corrected chi connectivity index (χ0v) is 17.0. The standard InChI is InChI=1S/C21H17Cl2NO4/c1-12-19(21(26)28-3)16(10-13-4-6-14(22)7-5-13)20(25)24(12)15-8-9-18(27-2)17(23)11-15/h4-11H,1-3H3/b16-10+. The Morgan fingerprint density at radius 1 is 1.07 bits per heavy atom. The van der Waals surface area contributed by atoms with E-state index >= 15 is 0 Å². The van der Waals surface area contributed by atoms with E-state index in [2.05, 4.69) is 0 Å². The van der Waals surface area contributed by atoms with Gasteiger partial charge >= 0.3 is 5.97 Å². The second-order valence-corrected chi connectivity index (χ2v) is 6.86. The maximum absolute atomic E-state index is 13.2. The van der Waals surface area contributed by atoms with E-state index in [0.717, 1.165) is 5.56 Å². The van der Waals surface area contributed by atoms with E-state index in [1.54, 1.807) is 55.5 Å². The molecule has 0 radical (unpaired) electrons. The second-order valence-electron chi connectivity index (χ2n) is 6.02. The zero-order valence-electron chi connectivity index (χ0n) is 15.5. The Balaban J connectivity index is 2.12. The highest BCUT2D eigenvalue weighted by Gasteiger charge is 2.38. The van der Waals surface area contributed by atoms with Gasteiger partial charge in [0.25, 0.3) is 5.91 Å². The molecule has 0 spiro atoms. The van der Waals surface area contributed by atoms with Crippen molar-refractivity contribution < 1.29 is 19.1 Å². The SMILES string of the molecule is COC(=O)C1=C(C)N(c2ccc(OC)c(Cl)c2)C(=O)/C1=C/c1ccc(Cl)cc1. The molecule has 5 nitrogen and oxygen atoms in total. The molecule has 0 aromatic heterocycles. The molecule has 0 aliphatic carbocycles. The predicted molar refractivity (Wildman–Crippen MR) is 110 cm³/mol. The molecule has 0 N–H and O–H groups in total. The second kappa shape index (κ2) is 8.09. The largest absolute Gasteiger partial charge is 0.495 e. The summed E-state index contributed by atoms with van der Waals surface area (Å²) in [4.78, 5) is 27.0. The number of carbonyl (C=O) groups excluding carboxylic acids is 2. The third-order valence-electron chi connectivity index (χ3n) is 4.36. The molecule has 0 saturated heterocycles. The highest BCUT2D eigenvalue weighted by molar-refractivity contribution is 6.32. The number of benzene rings is 2. The molecule has 3 rings (SSSR count). The summed E-state index contributed by atoms with van der Waals surface area (Å²) < 4.78 is 10.1. The molecule has 2 aromatic carbocycles. The Morgan fingerprint density at radius 3 is 2.32 bits per heavy atom. The van der Waals surface area contributed by atoms with Gasteiger partial charge < -0.3 is 9.47 Å². The van der Waals surface area contributed by atoms with Crippen molar-refractivity contribution in [2.24, 2.45) is 0 Å². The molecule has 28 heavy (non-hydrogen) atoms. The minimum atomic E-state index is -0.590. The molecular formula is C21H17Cl2NO4. The van der Waals surface area contributed by atoms with Crippen molar-refractivity contribution in [3.8, 4) is 5.75 Å². The van der Waals surface area contributed by atoms with Crippen LogP contribution in [0, 0.1) is 0 Å². The average molecular weight is 418 g/mol. The summed E-state index contributed by atoms with van der Waals surface area (Å²) in [5.74, 6) is -0.453. The van der Waals surface area contributed by atoms with Gasteiger partial charge in [-0.05, 0) is 48.9 Å². The van der Waals surface area contributed by atoms with E-state index in [1.165, 1.54) is 19.1 Å². The third kappa shape index (κ3) is 3.63. The maximum Gasteiger partial charge on any atom is 0.340 e. The average Bonchev–Trinajstić information content (AvgIpc) is 2.92. The Labute approximate surface area is 172 Å². The first kappa shape index (κ1) is 20.0. The first-order valence-corrected chi connectivity index (χ1v) is 9.07. The van der Waals surface area contributed by atoms with E-state index in [-0.39, 0.29) is 17.1 Å². The lowest BCUT2D eigenvalue weighted by Gasteiger charge is -2.19. The summed E-state index contributed by atoms with van der Waals surface area (Å²) in [6.45, 7) is 1.69. The number of carbonyl (C=O) groups is 2. The Morgan fingerprint density at radius 2 is 1.75 bits per heavy atom. The molecule has 1 aliphatic heterocycles. The van der Waals surface area contributed by atoms with Crippen LogP contribution in [0.5, 0.6) is 5.75 Å². The van der Waals surface area contributed by atoms with Crippen LogP contribution in [0.4, 0.5) is 5.69 Å². The lowest BCUT2D eigenvalue weighted by molar-refractivity contribution is -0.136. The summed E-state index contributed by atoms with van der Waals surface area (Å²) >= 11 is 12.1. The minimum Gasteiger partial charge on any atom is -0.495 e. The van der Waals surface area contributed by atoms with E-state index in [9.17, 15) is 9.59 Å². The van der Waals surface area contributed by atoms with E-state index in [0.29, 0.717) is 27.2 Å². The van der Waals surface area contributed by atoms with Gasteiger partial charge in [-0.2, -0.15) is 0 Å². The fourth-order valence-electron chi connectivity index (χ4n) is 3.01. The van der Waals surface area contributed by atoms with Gasteiger partial charge in [0, 0.05) is 10.7 Å². The van der Waals surface area contributed by atoms with Crippen molar-refractivity contribution in [1.82, 2.24) is 0 Å². The number of allylic oxidation sites excluding steroid dienone is 1. The fourth-order valence-corrected chi connectivity index (χ4v) is 3.39. The summed E-state index contributed by atoms with van der Waals surface area (Å²) in [6.07, 6.45) is 1.64. The van der Waals surface area contributed by atoms with Gasteiger partial charge in [0.15, 0.2) is 0 Å². The van der Waals surface area contributed by atoms with Gasteiger partial charge in [-0.1, -0.05) is 35.3 Å². The monoisotopic (exact) mass is 417 g/mol. The van der Waals surface area contributed by atoms with Crippen LogP contribution in [-0.4, -0.2) is 26.1 Å². The van der Waals surface area contributed by atoms with Crippen LogP contribution >= 0.6 is 23.2 Å². The first-order chi connectivity index (χ1) is 13.4. The zero-order chi connectivity index (χ0) is 20.4. The molecule has 2 aromatic rings. The Bertz CT molecular complexity index is 1010. The van der Waals surface area contributed by atoms with Gasteiger partial charge in [0.1, 0.15) is 5.75 Å². The molecule has 1 heterocycles. The van der Waals surface area contributed by atoms with Crippen LogP contribution in [0.25, 0.3) is 6.08 Å². The lowest BCUT2D eigenvalue weighted by Crippen LogP contribution is -2.24. The summed E-state index contributed by atoms with van der Waals surface area (Å²) in [5, 5.41) is 0.935. The normalized spacial score (nSPS) is 15.4. The van der Waals surface area contributed by atoms with Gasteiger partial charge in [-0.15, -0.1) is 0 Å². The molecule has 144 valence electrons. The molecule has 0 bridgehead atoms. The van der Waals surface area contributed by atoms with Crippen LogP contribution in [0.1, 0.15) is 12.5 Å². The van der Waals surface area contributed by atoms with Gasteiger partial charge in [0.2, 0.25) is 0 Å². The number of methoxy groups -OCH3 is 2. The van der Waals surface area contributed by atoms with Gasteiger partial charge in [0.05, 0.1) is 36.1 Å². The number of anilines is 1. The molecule has 0 fully saturated rings. The summed E-state index contributed by atoms with van der Waals surface area (Å²) in [5.41, 5.74) is 2.15. The molecule has 0 saturated carbocycles. The topological polar surface area (TPSA) is 55.8 Å². The lowest BCUT2D eigenvalue weighted by atomic mass is 10.0. The number of amides is 1.